The predicted octanol–water partition coefficient (Wildman–Crippen LogP) is 1.01. The molecule has 0 fully saturated rings. The van der Waals surface area contributed by atoms with Gasteiger partial charge >= 0.3 is 0 Å². The van der Waals surface area contributed by atoms with Crippen LogP contribution < -0.4 is 10.6 Å². The van der Waals surface area contributed by atoms with Crippen LogP contribution in [-0.2, 0) is 0 Å². The molecule has 0 saturated heterocycles. The van der Waals surface area contributed by atoms with Crippen LogP contribution in [0.1, 0.15) is 19.5 Å². The van der Waals surface area contributed by atoms with Crippen molar-refractivity contribution in [2.24, 2.45) is 0 Å². The van der Waals surface area contributed by atoms with E-state index in [1.165, 1.54) is 0 Å². The Morgan fingerprint density at radius 1 is 1.40 bits per heavy atom. The third kappa shape index (κ3) is 4.12. The van der Waals surface area contributed by atoms with Crippen LogP contribution in [0, 0.1) is 6.92 Å². The number of nitrogens with zero attached hydrogens (tertiary/aromatic N) is 2. The predicted molar refractivity (Wildman–Crippen MR) is 61.1 cm³/mol. The number of aryl methyl sites for hydroxylation is 1. The monoisotopic (exact) mass is 210 g/mol. The maximum Gasteiger partial charge on any atom is 0.224 e. The maximum atomic E-state index is 9.55. The number of hydrogen-bond acceptors (Lipinski definition) is 5. The van der Waals surface area contributed by atoms with Crippen molar-refractivity contribution in [3.63, 3.8) is 0 Å². The molecule has 0 radical (unpaired) electrons. The molecule has 1 heterocycles. The topological polar surface area (TPSA) is 70.1 Å². The molecule has 0 bridgehead atoms. The third-order valence-corrected chi connectivity index (χ3v) is 1.78. The first-order valence-electron chi connectivity index (χ1n) is 4.90. The van der Waals surface area contributed by atoms with Gasteiger partial charge in [0.1, 0.15) is 5.82 Å². The van der Waals surface area contributed by atoms with Crippen molar-refractivity contribution >= 4 is 11.8 Å². The minimum atomic E-state index is -0.751. The van der Waals surface area contributed by atoms with Crippen LogP contribution in [-0.4, -0.2) is 34.3 Å². The van der Waals surface area contributed by atoms with E-state index in [4.69, 9.17) is 0 Å². The first-order valence-corrected chi connectivity index (χ1v) is 4.90. The van der Waals surface area contributed by atoms with Gasteiger partial charge in [-0.2, -0.15) is 4.98 Å². The molecule has 0 spiro atoms. The molecule has 5 nitrogen and oxygen atoms in total. The van der Waals surface area contributed by atoms with Gasteiger partial charge in [0.25, 0.3) is 0 Å². The van der Waals surface area contributed by atoms with Crippen LogP contribution in [0.25, 0.3) is 0 Å². The summed E-state index contributed by atoms with van der Waals surface area (Å²) in [5.74, 6) is 1.29. The molecule has 0 aliphatic heterocycles. The molecule has 15 heavy (non-hydrogen) atoms. The van der Waals surface area contributed by atoms with E-state index in [0.29, 0.717) is 18.3 Å². The van der Waals surface area contributed by atoms with E-state index < -0.39 is 5.60 Å². The average molecular weight is 210 g/mol. The van der Waals surface area contributed by atoms with Gasteiger partial charge in [0.15, 0.2) is 0 Å². The minimum Gasteiger partial charge on any atom is -0.389 e. The smallest absolute Gasteiger partial charge is 0.224 e. The molecule has 1 aromatic rings. The lowest BCUT2D eigenvalue weighted by molar-refractivity contribution is 0.0944. The van der Waals surface area contributed by atoms with Crippen molar-refractivity contribution in [3.8, 4) is 0 Å². The van der Waals surface area contributed by atoms with Gasteiger partial charge in [-0.15, -0.1) is 0 Å². The Morgan fingerprint density at radius 3 is 2.60 bits per heavy atom. The summed E-state index contributed by atoms with van der Waals surface area (Å²) < 4.78 is 0. The van der Waals surface area contributed by atoms with Crippen molar-refractivity contribution in [1.29, 1.82) is 0 Å². The van der Waals surface area contributed by atoms with Gasteiger partial charge in [-0.05, 0) is 20.8 Å². The van der Waals surface area contributed by atoms with E-state index in [2.05, 4.69) is 20.6 Å². The molecule has 0 aliphatic carbocycles. The van der Waals surface area contributed by atoms with Crippen LogP contribution in [0.4, 0.5) is 11.8 Å². The molecule has 0 aliphatic rings. The molecule has 0 atom stereocenters. The zero-order valence-corrected chi connectivity index (χ0v) is 9.63. The molecule has 84 valence electrons. The Balaban J connectivity index is 2.73. The largest absolute Gasteiger partial charge is 0.389 e. The van der Waals surface area contributed by atoms with E-state index in [1.807, 2.05) is 13.0 Å². The summed E-state index contributed by atoms with van der Waals surface area (Å²) in [7, 11) is 1.77. The Morgan fingerprint density at radius 2 is 2.07 bits per heavy atom. The second-order valence-electron chi connectivity index (χ2n) is 4.13. The summed E-state index contributed by atoms with van der Waals surface area (Å²) in [6.45, 7) is 5.84. The summed E-state index contributed by atoms with van der Waals surface area (Å²) in [4.78, 5) is 8.38. The average Bonchev–Trinajstić information content (AvgIpc) is 2.13. The molecule has 1 aromatic heterocycles. The molecule has 0 aromatic carbocycles. The zero-order valence-electron chi connectivity index (χ0n) is 9.63. The second kappa shape index (κ2) is 4.44. The molecule has 0 saturated carbocycles. The summed E-state index contributed by atoms with van der Waals surface area (Å²) in [5.41, 5.74) is 0.131. The number of anilines is 2. The van der Waals surface area contributed by atoms with Crippen LogP contribution in [0.2, 0.25) is 0 Å². The summed E-state index contributed by atoms with van der Waals surface area (Å²) >= 11 is 0. The van der Waals surface area contributed by atoms with Gasteiger partial charge in [0.2, 0.25) is 5.95 Å². The van der Waals surface area contributed by atoms with E-state index in [-0.39, 0.29) is 0 Å². The lowest BCUT2D eigenvalue weighted by Crippen LogP contribution is -2.29. The maximum absolute atomic E-state index is 9.55. The lowest BCUT2D eigenvalue weighted by Gasteiger charge is -2.18. The van der Waals surface area contributed by atoms with E-state index in [0.717, 1.165) is 5.69 Å². The van der Waals surface area contributed by atoms with Crippen LogP contribution in [0.3, 0.4) is 0 Å². The number of aliphatic hydroxyl groups is 1. The Labute approximate surface area is 90.0 Å². The van der Waals surface area contributed by atoms with Crippen LogP contribution in [0.15, 0.2) is 6.07 Å². The Bertz CT molecular complexity index is 333. The van der Waals surface area contributed by atoms with Gasteiger partial charge in [-0.25, -0.2) is 4.98 Å². The van der Waals surface area contributed by atoms with Gasteiger partial charge in [0, 0.05) is 25.4 Å². The highest BCUT2D eigenvalue weighted by atomic mass is 16.3. The quantitative estimate of drug-likeness (QED) is 0.692. The molecule has 5 heteroatoms. The fourth-order valence-electron chi connectivity index (χ4n) is 1.08. The van der Waals surface area contributed by atoms with Crippen LogP contribution in [0.5, 0.6) is 0 Å². The highest BCUT2D eigenvalue weighted by Crippen LogP contribution is 2.10. The van der Waals surface area contributed by atoms with Gasteiger partial charge in [-0.3, -0.25) is 0 Å². The molecular formula is C10H18N4O. The lowest BCUT2D eigenvalue weighted by atomic mass is 10.1. The first-order chi connectivity index (χ1) is 6.90. The second-order valence-corrected chi connectivity index (χ2v) is 4.13. The molecular weight excluding hydrogens is 192 g/mol. The van der Waals surface area contributed by atoms with Gasteiger partial charge in [-0.1, -0.05) is 0 Å². The summed E-state index contributed by atoms with van der Waals surface area (Å²) in [6, 6.07) is 1.84. The molecule has 1 rings (SSSR count). The zero-order chi connectivity index (χ0) is 11.5. The minimum absolute atomic E-state index is 0.451. The fraction of sp³-hybridized carbons (Fsp3) is 0.600. The van der Waals surface area contributed by atoms with Gasteiger partial charge < -0.3 is 15.7 Å². The number of rotatable bonds is 4. The van der Waals surface area contributed by atoms with Crippen molar-refractivity contribution in [2.45, 2.75) is 26.4 Å². The van der Waals surface area contributed by atoms with Crippen LogP contribution >= 0.6 is 0 Å². The highest BCUT2D eigenvalue weighted by molar-refractivity contribution is 5.42. The Hall–Kier alpha value is -1.36. The standard InChI is InChI=1S/C10H18N4O/c1-7-5-8(12-6-10(2,3)15)14-9(11-4)13-7/h5,15H,6H2,1-4H3,(H2,11,12,13,14). The highest BCUT2D eigenvalue weighted by Gasteiger charge is 2.12. The van der Waals surface area contributed by atoms with Crippen molar-refractivity contribution in [2.75, 3.05) is 24.2 Å². The number of nitrogens with one attached hydrogen (secondary N) is 2. The Kier molecular flexibility index (Phi) is 3.47. The molecule has 3 N–H and O–H groups in total. The number of aromatic nitrogens is 2. The normalized spacial score (nSPS) is 11.3. The molecule has 0 amide bonds. The van der Waals surface area contributed by atoms with Crippen molar-refractivity contribution < 1.29 is 5.11 Å². The summed E-state index contributed by atoms with van der Waals surface area (Å²) in [5, 5.41) is 15.5. The third-order valence-electron chi connectivity index (χ3n) is 1.78. The van der Waals surface area contributed by atoms with E-state index in [1.54, 1.807) is 20.9 Å². The van der Waals surface area contributed by atoms with E-state index in [9.17, 15) is 5.11 Å². The van der Waals surface area contributed by atoms with Gasteiger partial charge in [0.05, 0.1) is 5.60 Å². The fourth-order valence-corrected chi connectivity index (χ4v) is 1.08. The van der Waals surface area contributed by atoms with Crippen molar-refractivity contribution in [1.82, 2.24) is 9.97 Å². The first kappa shape index (κ1) is 11.7. The summed E-state index contributed by atoms with van der Waals surface area (Å²) in [6.07, 6.45) is 0. The van der Waals surface area contributed by atoms with Crippen molar-refractivity contribution in [3.05, 3.63) is 11.8 Å². The number of hydrogen-bond donors (Lipinski definition) is 3. The SMILES string of the molecule is CNc1nc(C)cc(NCC(C)(C)O)n1. The molecule has 0 unspecified atom stereocenters. The van der Waals surface area contributed by atoms with E-state index >= 15 is 0 Å².